The number of nitrogens with one attached hydrogen (secondary N) is 3. The first-order chi connectivity index (χ1) is 26.3. The highest BCUT2D eigenvalue weighted by molar-refractivity contribution is 8.00. The van der Waals surface area contributed by atoms with E-state index in [1.54, 1.807) is 87.0 Å². The van der Waals surface area contributed by atoms with E-state index < -0.39 is 17.1 Å². The van der Waals surface area contributed by atoms with Crippen LogP contribution in [0.25, 0.3) is 17.4 Å². The minimum absolute atomic E-state index is 0.0305. The van der Waals surface area contributed by atoms with Crippen molar-refractivity contribution in [1.82, 2.24) is 5.32 Å². The lowest BCUT2D eigenvalue weighted by atomic mass is 10.1. The van der Waals surface area contributed by atoms with E-state index in [2.05, 4.69) is 16.0 Å². The molecule has 10 nitrogen and oxygen atoms in total. The Hall–Kier alpha value is -6.72. The highest BCUT2D eigenvalue weighted by Gasteiger charge is 2.24. The van der Waals surface area contributed by atoms with Gasteiger partial charge in [-0.15, -0.1) is 11.8 Å². The molecule has 0 spiro atoms. The zero-order chi connectivity index (χ0) is 37.9. The van der Waals surface area contributed by atoms with Crippen LogP contribution in [0.3, 0.4) is 0 Å². The van der Waals surface area contributed by atoms with Crippen molar-refractivity contribution in [1.29, 1.82) is 0 Å². The van der Waals surface area contributed by atoms with Crippen LogP contribution in [-0.4, -0.2) is 39.1 Å². The third kappa shape index (κ3) is 9.19. The molecule has 0 saturated carbocycles. The molecule has 3 N–H and O–H groups in total. The average molecular weight is 740 g/mol. The summed E-state index contributed by atoms with van der Waals surface area (Å²) in [6.07, 6.45) is 1.47. The second-order valence-electron chi connectivity index (χ2n) is 11.7. The largest absolute Gasteiger partial charge is 0.497 e. The summed E-state index contributed by atoms with van der Waals surface area (Å²) in [5.41, 5.74) is 2.85. The maximum atomic E-state index is 13.8. The van der Waals surface area contributed by atoms with Crippen LogP contribution >= 0.6 is 11.8 Å². The Bertz CT molecular complexity index is 2250. The van der Waals surface area contributed by atoms with Crippen LogP contribution in [0.1, 0.15) is 26.9 Å². The highest BCUT2D eigenvalue weighted by atomic mass is 32.2. The van der Waals surface area contributed by atoms with Crippen molar-refractivity contribution in [3.63, 3.8) is 0 Å². The van der Waals surface area contributed by atoms with Gasteiger partial charge in [-0.05, 0) is 78.4 Å². The van der Waals surface area contributed by atoms with Crippen LogP contribution < -0.4 is 30.2 Å². The van der Waals surface area contributed by atoms with E-state index in [4.69, 9.17) is 18.6 Å². The van der Waals surface area contributed by atoms with E-state index in [0.717, 1.165) is 16.0 Å². The fourth-order valence-electron chi connectivity index (χ4n) is 5.47. The molecule has 0 bridgehead atoms. The van der Waals surface area contributed by atoms with Crippen molar-refractivity contribution in [2.24, 2.45) is 0 Å². The molecule has 6 rings (SSSR count). The molecule has 11 heteroatoms. The van der Waals surface area contributed by atoms with E-state index in [-0.39, 0.29) is 11.6 Å². The number of carbonyl (C=O) groups is 3. The number of thioether (sulfide) groups is 1. The van der Waals surface area contributed by atoms with E-state index in [1.165, 1.54) is 24.9 Å². The lowest BCUT2D eigenvalue weighted by Crippen LogP contribution is -2.30. The Morgan fingerprint density at radius 3 is 2.07 bits per heavy atom. The first kappa shape index (κ1) is 37.1. The zero-order valence-electron chi connectivity index (χ0n) is 29.7. The minimum atomic E-state index is -0.626. The van der Waals surface area contributed by atoms with Crippen molar-refractivity contribution in [3.8, 4) is 28.6 Å². The summed E-state index contributed by atoms with van der Waals surface area (Å²) in [6, 6.07) is 41.2. The number of anilines is 2. The molecule has 5 aromatic carbocycles. The first-order valence-corrected chi connectivity index (χ1v) is 17.7. The van der Waals surface area contributed by atoms with Crippen LogP contribution in [0.15, 0.2) is 155 Å². The molecule has 0 unspecified atom stereocenters. The van der Waals surface area contributed by atoms with Crippen LogP contribution in [-0.2, 0) is 9.59 Å². The fraction of sp³-hybridized carbons (Fsp3) is 0.0930. The predicted molar refractivity (Wildman–Crippen MR) is 211 cm³/mol. The number of hydrogen-bond donors (Lipinski definition) is 3. The minimum Gasteiger partial charge on any atom is -0.497 e. The molecule has 0 saturated heterocycles. The summed E-state index contributed by atoms with van der Waals surface area (Å²) < 4.78 is 22.4. The van der Waals surface area contributed by atoms with Gasteiger partial charge >= 0.3 is 0 Å². The van der Waals surface area contributed by atoms with Crippen molar-refractivity contribution < 1.29 is 33.0 Å². The van der Waals surface area contributed by atoms with Gasteiger partial charge in [0.25, 0.3) is 11.8 Å². The molecule has 1 aromatic heterocycles. The standard InChI is InChI=1S/C43H37N3O7S/c1-50-31-20-25-39(52-3)35(26-31)45-43(49)40(28-12-6-4-7-13-28)54-33-22-18-30(19-23-33)44-42(48)36(46-41(47)29-14-8-5-9-15-29)27-32-21-24-38(53-32)34-16-10-11-17-37(34)51-2/h4-27,40H,1-3H3,(H,44,48)(H,45,49)(H,46,47)/b36-27+/t40-/m1/s1. The lowest BCUT2D eigenvalue weighted by molar-refractivity contribution is -0.116. The van der Waals surface area contributed by atoms with Crippen LogP contribution in [0.5, 0.6) is 17.2 Å². The number of carbonyl (C=O) groups excluding carboxylic acids is 3. The summed E-state index contributed by atoms with van der Waals surface area (Å²) in [6.45, 7) is 0. The second-order valence-corrected chi connectivity index (χ2v) is 12.9. The van der Waals surface area contributed by atoms with Crippen molar-refractivity contribution in [2.45, 2.75) is 10.1 Å². The van der Waals surface area contributed by atoms with Gasteiger partial charge in [-0.2, -0.15) is 0 Å². The lowest BCUT2D eigenvalue weighted by Gasteiger charge is -2.19. The number of para-hydroxylation sites is 1. The van der Waals surface area contributed by atoms with Gasteiger partial charge in [-0.3, -0.25) is 14.4 Å². The second kappa shape index (κ2) is 17.7. The number of ether oxygens (including phenoxy) is 3. The van der Waals surface area contributed by atoms with Gasteiger partial charge in [0.15, 0.2) is 0 Å². The Kier molecular flexibility index (Phi) is 12.1. The molecule has 0 aliphatic carbocycles. The Morgan fingerprint density at radius 1 is 0.685 bits per heavy atom. The molecule has 0 fully saturated rings. The number of methoxy groups -OCH3 is 3. The number of amides is 3. The Balaban J connectivity index is 1.22. The smallest absolute Gasteiger partial charge is 0.272 e. The van der Waals surface area contributed by atoms with E-state index in [9.17, 15) is 14.4 Å². The molecular formula is C43H37N3O7S. The summed E-state index contributed by atoms with van der Waals surface area (Å²) >= 11 is 1.35. The molecule has 3 amide bonds. The fourth-order valence-corrected chi connectivity index (χ4v) is 6.49. The summed E-state index contributed by atoms with van der Waals surface area (Å²) in [4.78, 5) is 41.5. The Labute approximate surface area is 317 Å². The van der Waals surface area contributed by atoms with Crippen molar-refractivity contribution in [2.75, 3.05) is 32.0 Å². The molecule has 272 valence electrons. The quantitative estimate of drug-likeness (QED) is 0.0747. The van der Waals surface area contributed by atoms with Crippen molar-refractivity contribution in [3.05, 3.63) is 162 Å². The third-order valence-corrected chi connectivity index (χ3v) is 9.45. The number of furan rings is 1. The van der Waals surface area contributed by atoms with Gasteiger partial charge in [0, 0.05) is 28.3 Å². The topological polar surface area (TPSA) is 128 Å². The normalized spacial score (nSPS) is 11.6. The predicted octanol–water partition coefficient (Wildman–Crippen LogP) is 8.85. The molecule has 54 heavy (non-hydrogen) atoms. The molecule has 0 radical (unpaired) electrons. The summed E-state index contributed by atoms with van der Waals surface area (Å²) in [5, 5.41) is 7.97. The number of rotatable bonds is 14. The first-order valence-electron chi connectivity index (χ1n) is 16.8. The van der Waals surface area contributed by atoms with E-state index in [1.807, 2.05) is 66.7 Å². The van der Waals surface area contributed by atoms with Crippen LogP contribution in [0.4, 0.5) is 11.4 Å². The molecular weight excluding hydrogens is 703 g/mol. The monoisotopic (exact) mass is 739 g/mol. The van der Waals surface area contributed by atoms with Crippen LogP contribution in [0, 0.1) is 0 Å². The molecule has 0 aliphatic rings. The number of hydrogen-bond acceptors (Lipinski definition) is 8. The molecule has 6 aromatic rings. The van der Waals surface area contributed by atoms with Crippen molar-refractivity contribution >= 4 is 46.9 Å². The Morgan fingerprint density at radius 2 is 1.37 bits per heavy atom. The van der Waals surface area contributed by atoms with E-state index >= 15 is 0 Å². The highest BCUT2D eigenvalue weighted by Crippen LogP contribution is 2.38. The summed E-state index contributed by atoms with van der Waals surface area (Å²) in [5.74, 6) is 1.30. The zero-order valence-corrected chi connectivity index (χ0v) is 30.5. The maximum absolute atomic E-state index is 13.8. The summed E-state index contributed by atoms with van der Waals surface area (Å²) in [7, 11) is 4.67. The molecule has 0 aliphatic heterocycles. The van der Waals surface area contributed by atoms with Gasteiger partial charge in [0.05, 0.1) is 32.6 Å². The maximum Gasteiger partial charge on any atom is 0.272 e. The number of benzene rings is 5. The van der Waals surface area contributed by atoms with Gasteiger partial charge in [0.1, 0.15) is 39.7 Å². The molecule has 1 atom stereocenters. The molecule has 1 heterocycles. The SMILES string of the molecule is COc1ccc(OC)c(NC(=O)[C@H](Sc2ccc(NC(=O)/C(=C\c3ccc(-c4ccccc4OC)o3)NC(=O)c3ccccc3)cc2)c2ccccc2)c1. The van der Waals surface area contributed by atoms with Gasteiger partial charge in [0.2, 0.25) is 5.91 Å². The van der Waals surface area contributed by atoms with Crippen LogP contribution in [0.2, 0.25) is 0 Å². The van der Waals surface area contributed by atoms with Gasteiger partial charge < -0.3 is 34.6 Å². The van der Waals surface area contributed by atoms with Gasteiger partial charge in [-0.25, -0.2) is 0 Å². The van der Waals surface area contributed by atoms with E-state index in [0.29, 0.717) is 45.7 Å². The van der Waals surface area contributed by atoms with Gasteiger partial charge in [-0.1, -0.05) is 60.7 Å². The third-order valence-electron chi connectivity index (χ3n) is 8.19. The average Bonchev–Trinajstić information content (AvgIpc) is 3.69.